The molecule has 0 radical (unpaired) electrons. The summed E-state index contributed by atoms with van der Waals surface area (Å²) in [6, 6.07) is 16.7. The lowest BCUT2D eigenvalue weighted by Gasteiger charge is -2.27. The van der Waals surface area contributed by atoms with Gasteiger partial charge in [-0.05, 0) is 31.0 Å². The van der Waals surface area contributed by atoms with Crippen molar-refractivity contribution in [3.8, 4) is 0 Å². The molecule has 1 aromatic carbocycles. The molecule has 3 heteroatoms. The fraction of sp³-hybridized carbons (Fsp3) is 0.235. The molecular formula is C17H16BrNS. The predicted octanol–water partition coefficient (Wildman–Crippen LogP) is 4.93. The Labute approximate surface area is 132 Å². The third-order valence-electron chi connectivity index (χ3n) is 3.44. The number of alkyl halides is 1. The van der Waals surface area contributed by atoms with Gasteiger partial charge in [0, 0.05) is 10.9 Å². The van der Waals surface area contributed by atoms with Crippen molar-refractivity contribution in [2.24, 2.45) is 0 Å². The maximum atomic E-state index is 4.49. The summed E-state index contributed by atoms with van der Waals surface area (Å²) < 4.78 is -0.125. The van der Waals surface area contributed by atoms with Gasteiger partial charge in [0.25, 0.3) is 0 Å². The van der Waals surface area contributed by atoms with Crippen LogP contribution in [0, 0.1) is 0 Å². The van der Waals surface area contributed by atoms with E-state index in [2.05, 4.69) is 76.4 Å². The quantitative estimate of drug-likeness (QED) is 0.577. The van der Waals surface area contributed by atoms with E-state index in [-0.39, 0.29) is 8.40 Å². The number of halogens is 1. The maximum absolute atomic E-state index is 4.49. The Morgan fingerprint density at radius 1 is 1.05 bits per heavy atom. The summed E-state index contributed by atoms with van der Waals surface area (Å²) in [5.41, 5.74) is 2.42. The molecule has 0 N–H and O–H groups in total. The van der Waals surface area contributed by atoms with Crippen LogP contribution in [-0.2, 0) is 10.1 Å². The van der Waals surface area contributed by atoms with E-state index in [9.17, 15) is 0 Å². The zero-order valence-corrected chi connectivity index (χ0v) is 13.7. The lowest BCUT2D eigenvalue weighted by Crippen LogP contribution is -2.21. The van der Waals surface area contributed by atoms with Crippen LogP contribution >= 0.6 is 27.7 Å². The molecule has 1 aromatic heterocycles. The Morgan fingerprint density at radius 3 is 2.50 bits per heavy atom. The Balaban J connectivity index is 1.81. The van der Waals surface area contributed by atoms with Crippen LogP contribution in [0.3, 0.4) is 0 Å². The molecule has 1 aliphatic heterocycles. The van der Waals surface area contributed by atoms with Gasteiger partial charge >= 0.3 is 0 Å². The number of hydrogen-bond donors (Lipinski definition) is 0. The van der Waals surface area contributed by atoms with Crippen LogP contribution in [-0.4, -0.2) is 9.73 Å². The monoisotopic (exact) mass is 345 g/mol. The number of hydrogen-bond acceptors (Lipinski definition) is 2. The molecule has 0 saturated heterocycles. The molecular weight excluding hydrogens is 330 g/mol. The second-order valence-corrected chi connectivity index (χ2v) is 8.83. The van der Waals surface area contributed by atoms with Gasteiger partial charge in [-0.1, -0.05) is 64.5 Å². The van der Waals surface area contributed by atoms with Crippen LogP contribution < -0.4 is 0 Å². The number of aromatic nitrogens is 1. The fourth-order valence-corrected chi connectivity index (χ4v) is 5.38. The van der Waals surface area contributed by atoms with Gasteiger partial charge in [0.1, 0.15) is 3.66 Å². The highest BCUT2D eigenvalue weighted by atomic mass is 79.9. The van der Waals surface area contributed by atoms with E-state index < -0.39 is 0 Å². The third-order valence-corrected chi connectivity index (χ3v) is 5.99. The summed E-state index contributed by atoms with van der Waals surface area (Å²) in [5, 5.41) is 0. The van der Waals surface area contributed by atoms with Crippen LogP contribution in [0.1, 0.15) is 18.2 Å². The maximum Gasteiger partial charge on any atom is 0.132 e. The van der Waals surface area contributed by atoms with E-state index in [4.69, 9.17) is 0 Å². The molecule has 0 fully saturated rings. The Morgan fingerprint density at radius 2 is 1.80 bits per heavy atom. The first-order valence-corrected chi connectivity index (χ1v) is 8.26. The average molecular weight is 346 g/mol. The van der Waals surface area contributed by atoms with Gasteiger partial charge in [-0.15, -0.1) is 11.8 Å². The summed E-state index contributed by atoms with van der Waals surface area (Å²) in [6.45, 7) is 2.28. The summed E-state index contributed by atoms with van der Waals surface area (Å²) in [7, 11) is 0. The van der Waals surface area contributed by atoms with Crippen LogP contribution in [0.2, 0.25) is 0 Å². The fourth-order valence-electron chi connectivity index (χ4n) is 2.49. The van der Waals surface area contributed by atoms with E-state index >= 15 is 0 Å². The minimum atomic E-state index is -0.211. The highest BCUT2D eigenvalue weighted by Gasteiger charge is 2.42. The first kappa shape index (κ1) is 13.9. The molecule has 3 rings (SSSR count). The predicted molar refractivity (Wildman–Crippen MR) is 90.1 cm³/mol. The number of nitrogens with zero attached hydrogens (tertiary/aromatic N) is 1. The minimum absolute atomic E-state index is 0.0857. The number of thioether (sulfide) groups is 1. The van der Waals surface area contributed by atoms with Crippen molar-refractivity contribution in [2.75, 3.05) is 0 Å². The number of pyridine rings is 1. The third kappa shape index (κ3) is 2.84. The summed E-state index contributed by atoms with van der Waals surface area (Å²) in [5.74, 6) is 0. The standard InChI is InChI=1S/C17H16BrNS/c1-16(13-14-7-3-2-4-8-14)10-11-17(18,20-16)15-9-5-6-12-19-15/h2-12H,13H2,1H3. The van der Waals surface area contributed by atoms with E-state index in [0.29, 0.717) is 0 Å². The van der Waals surface area contributed by atoms with Gasteiger partial charge in [-0.25, -0.2) is 0 Å². The molecule has 2 atom stereocenters. The van der Waals surface area contributed by atoms with Gasteiger partial charge in [0.05, 0.1) is 5.69 Å². The first-order chi connectivity index (χ1) is 9.60. The Bertz CT molecular complexity index is 613. The summed E-state index contributed by atoms with van der Waals surface area (Å²) in [6.07, 6.45) is 7.39. The largest absolute Gasteiger partial charge is 0.259 e. The molecule has 2 heterocycles. The van der Waals surface area contributed by atoms with Crippen molar-refractivity contribution >= 4 is 27.7 Å². The van der Waals surface area contributed by atoms with E-state index in [0.717, 1.165) is 12.1 Å². The Hall–Kier alpha value is -1.06. The molecule has 102 valence electrons. The normalized spacial score (nSPS) is 28.7. The van der Waals surface area contributed by atoms with Gasteiger partial charge in [-0.3, -0.25) is 4.98 Å². The van der Waals surface area contributed by atoms with Gasteiger partial charge < -0.3 is 0 Å². The smallest absolute Gasteiger partial charge is 0.132 e. The molecule has 2 aromatic rings. The molecule has 1 aliphatic rings. The zero-order valence-electron chi connectivity index (χ0n) is 11.3. The highest BCUT2D eigenvalue weighted by Crippen LogP contribution is 2.55. The first-order valence-electron chi connectivity index (χ1n) is 6.65. The minimum Gasteiger partial charge on any atom is -0.259 e. The van der Waals surface area contributed by atoms with E-state index in [1.807, 2.05) is 30.1 Å². The van der Waals surface area contributed by atoms with Crippen molar-refractivity contribution in [2.45, 2.75) is 21.7 Å². The average Bonchev–Trinajstić information content (AvgIpc) is 2.78. The van der Waals surface area contributed by atoms with E-state index in [1.54, 1.807) is 0 Å². The molecule has 20 heavy (non-hydrogen) atoms. The SMILES string of the molecule is CC1(Cc2ccccc2)C=CC(Br)(c2ccccn2)S1. The van der Waals surface area contributed by atoms with E-state index in [1.165, 1.54) is 5.56 Å². The summed E-state index contributed by atoms with van der Waals surface area (Å²) >= 11 is 5.76. The van der Waals surface area contributed by atoms with Crippen LogP contribution in [0.4, 0.5) is 0 Å². The molecule has 2 unspecified atom stereocenters. The highest BCUT2D eigenvalue weighted by molar-refractivity contribution is 9.11. The van der Waals surface area contributed by atoms with Crippen LogP contribution in [0.5, 0.6) is 0 Å². The van der Waals surface area contributed by atoms with Crippen molar-refractivity contribution in [3.05, 3.63) is 78.1 Å². The van der Waals surface area contributed by atoms with Gasteiger partial charge in [0.2, 0.25) is 0 Å². The second kappa shape index (κ2) is 5.38. The molecule has 0 bridgehead atoms. The summed E-state index contributed by atoms with van der Waals surface area (Å²) in [4.78, 5) is 4.49. The second-order valence-electron chi connectivity index (χ2n) is 5.27. The molecule has 0 spiro atoms. The van der Waals surface area contributed by atoms with Gasteiger partial charge in [0.15, 0.2) is 0 Å². The topological polar surface area (TPSA) is 12.9 Å². The molecule has 1 nitrogen and oxygen atoms in total. The lowest BCUT2D eigenvalue weighted by molar-refractivity contribution is 0.790. The van der Waals surface area contributed by atoms with Crippen molar-refractivity contribution in [1.29, 1.82) is 0 Å². The van der Waals surface area contributed by atoms with Crippen molar-refractivity contribution in [1.82, 2.24) is 4.98 Å². The lowest BCUT2D eigenvalue weighted by atomic mass is 10.00. The number of rotatable bonds is 3. The van der Waals surface area contributed by atoms with Crippen LogP contribution in [0.15, 0.2) is 66.9 Å². The molecule has 0 aliphatic carbocycles. The Kier molecular flexibility index (Phi) is 3.74. The van der Waals surface area contributed by atoms with Crippen LogP contribution in [0.25, 0.3) is 0 Å². The van der Waals surface area contributed by atoms with Gasteiger partial charge in [-0.2, -0.15) is 0 Å². The molecule has 0 saturated carbocycles. The number of benzene rings is 1. The molecule has 0 amide bonds. The van der Waals surface area contributed by atoms with Crippen molar-refractivity contribution in [3.63, 3.8) is 0 Å². The van der Waals surface area contributed by atoms with Crippen molar-refractivity contribution < 1.29 is 0 Å². The zero-order chi connectivity index (χ0) is 14.1.